The molecule has 5 heteroatoms. The molecule has 0 radical (unpaired) electrons. The molecule has 21 heavy (non-hydrogen) atoms. The van der Waals surface area contributed by atoms with Gasteiger partial charge in [-0.1, -0.05) is 30.3 Å². The molecule has 116 valence electrons. The first-order chi connectivity index (χ1) is 9.96. The number of carbonyl (C=O) groups is 1. The normalized spacial score (nSPS) is 23.3. The summed E-state index contributed by atoms with van der Waals surface area (Å²) in [6.45, 7) is -1.26. The topological polar surface area (TPSA) is 26.3 Å². The molecule has 0 N–H and O–H groups in total. The fourth-order valence-corrected chi connectivity index (χ4v) is 2.83. The van der Waals surface area contributed by atoms with E-state index in [-0.39, 0.29) is 18.3 Å². The zero-order valence-corrected chi connectivity index (χ0v) is 11.7. The number of rotatable bonds is 5. The zero-order valence-electron chi connectivity index (χ0n) is 11.7. The van der Waals surface area contributed by atoms with Crippen molar-refractivity contribution in [3.8, 4) is 0 Å². The summed E-state index contributed by atoms with van der Waals surface area (Å²) in [6, 6.07) is 9.95. The highest BCUT2D eigenvalue weighted by molar-refractivity contribution is 5.82. The molecule has 1 aliphatic rings. The number of Topliss-reactive ketones (excluding diaryl/α,β-unsaturated/α-hetero) is 1. The van der Waals surface area contributed by atoms with Crippen molar-refractivity contribution >= 4 is 5.78 Å². The van der Waals surface area contributed by atoms with E-state index in [0.717, 1.165) is 6.42 Å². The van der Waals surface area contributed by atoms with Gasteiger partial charge in [-0.25, -0.2) is 0 Å². The van der Waals surface area contributed by atoms with Crippen molar-refractivity contribution in [1.29, 1.82) is 0 Å². The Morgan fingerprint density at radius 1 is 1.19 bits per heavy atom. The van der Waals surface area contributed by atoms with Gasteiger partial charge in [-0.15, -0.1) is 0 Å². The third kappa shape index (κ3) is 5.16. The largest absolute Gasteiger partial charge is 0.411 e. The van der Waals surface area contributed by atoms with Crippen molar-refractivity contribution in [1.82, 2.24) is 0 Å². The Morgan fingerprint density at radius 3 is 2.57 bits per heavy atom. The first-order valence-corrected chi connectivity index (χ1v) is 7.18. The third-order valence-electron chi connectivity index (χ3n) is 3.91. The number of ether oxygens (including phenoxy) is 1. The van der Waals surface area contributed by atoms with Gasteiger partial charge in [0, 0.05) is 18.9 Å². The first kappa shape index (κ1) is 16.0. The maximum atomic E-state index is 12.0. The second-order valence-corrected chi connectivity index (χ2v) is 5.50. The molecule has 0 amide bonds. The van der Waals surface area contributed by atoms with E-state index in [1.807, 2.05) is 30.3 Å². The van der Waals surface area contributed by atoms with Crippen LogP contribution in [-0.4, -0.2) is 25.2 Å². The van der Waals surface area contributed by atoms with Gasteiger partial charge in [-0.2, -0.15) is 13.2 Å². The minimum Gasteiger partial charge on any atom is -0.372 e. The lowest BCUT2D eigenvalue weighted by atomic mass is 9.76. The van der Waals surface area contributed by atoms with Crippen LogP contribution >= 0.6 is 0 Å². The van der Waals surface area contributed by atoms with Gasteiger partial charge < -0.3 is 4.74 Å². The van der Waals surface area contributed by atoms with Gasteiger partial charge in [0.1, 0.15) is 12.4 Å². The Bertz CT molecular complexity index is 456. The summed E-state index contributed by atoms with van der Waals surface area (Å²) < 4.78 is 40.6. The predicted octanol–water partition coefficient (Wildman–Crippen LogP) is 4.11. The van der Waals surface area contributed by atoms with Crippen molar-refractivity contribution in [2.75, 3.05) is 13.2 Å². The summed E-state index contributed by atoms with van der Waals surface area (Å²) in [4.78, 5) is 11.9. The van der Waals surface area contributed by atoms with E-state index in [2.05, 4.69) is 4.74 Å². The second kappa shape index (κ2) is 7.07. The monoisotopic (exact) mass is 300 g/mol. The van der Waals surface area contributed by atoms with E-state index >= 15 is 0 Å². The van der Waals surface area contributed by atoms with Crippen LogP contribution in [0.3, 0.4) is 0 Å². The Labute approximate surface area is 122 Å². The smallest absolute Gasteiger partial charge is 0.372 e. The number of halogens is 3. The second-order valence-electron chi connectivity index (χ2n) is 5.50. The van der Waals surface area contributed by atoms with Crippen LogP contribution in [0.15, 0.2) is 30.3 Å². The number of benzene rings is 1. The molecule has 2 rings (SSSR count). The molecule has 0 bridgehead atoms. The zero-order chi connectivity index (χ0) is 15.3. The van der Waals surface area contributed by atoms with Crippen LogP contribution in [0.25, 0.3) is 0 Å². The molecule has 0 aromatic heterocycles. The van der Waals surface area contributed by atoms with E-state index in [4.69, 9.17) is 0 Å². The summed E-state index contributed by atoms with van der Waals surface area (Å²) in [5, 5.41) is 0. The van der Waals surface area contributed by atoms with Crippen molar-refractivity contribution in [2.45, 2.75) is 37.8 Å². The minimum atomic E-state index is -4.30. The highest BCUT2D eigenvalue weighted by Crippen LogP contribution is 2.35. The van der Waals surface area contributed by atoms with Crippen LogP contribution in [0, 0.1) is 5.92 Å². The highest BCUT2D eigenvalue weighted by atomic mass is 19.4. The number of hydrogen-bond donors (Lipinski definition) is 0. The molecule has 2 unspecified atom stereocenters. The summed E-state index contributed by atoms with van der Waals surface area (Å²) in [6.07, 6.45) is -1.90. The Balaban J connectivity index is 1.83. The van der Waals surface area contributed by atoms with Gasteiger partial charge in [-0.05, 0) is 30.7 Å². The lowest BCUT2D eigenvalue weighted by Crippen LogP contribution is -2.26. The molecule has 1 aliphatic carbocycles. The summed E-state index contributed by atoms with van der Waals surface area (Å²) in [5.74, 6) is 0.284. The molecule has 0 aliphatic heterocycles. The molecule has 0 heterocycles. The van der Waals surface area contributed by atoms with Crippen LogP contribution in [-0.2, 0) is 9.53 Å². The van der Waals surface area contributed by atoms with E-state index in [9.17, 15) is 18.0 Å². The van der Waals surface area contributed by atoms with Crippen molar-refractivity contribution < 1.29 is 22.7 Å². The van der Waals surface area contributed by atoms with E-state index in [1.54, 1.807) is 0 Å². The molecule has 1 aromatic rings. The van der Waals surface area contributed by atoms with Crippen LogP contribution in [0.2, 0.25) is 0 Å². The fraction of sp³-hybridized carbons (Fsp3) is 0.562. The maximum Gasteiger partial charge on any atom is 0.411 e. The van der Waals surface area contributed by atoms with Gasteiger partial charge >= 0.3 is 6.18 Å². The molecular weight excluding hydrogens is 281 g/mol. The summed E-state index contributed by atoms with van der Waals surface area (Å²) >= 11 is 0. The average molecular weight is 300 g/mol. The van der Waals surface area contributed by atoms with Gasteiger partial charge in [0.05, 0.1) is 0 Å². The van der Waals surface area contributed by atoms with Gasteiger partial charge in [0.2, 0.25) is 0 Å². The van der Waals surface area contributed by atoms with Gasteiger partial charge in [0.15, 0.2) is 0 Å². The summed E-state index contributed by atoms with van der Waals surface area (Å²) in [5.41, 5.74) is 1.20. The standard InChI is InChI=1S/C16H19F3O2/c17-16(18,19)11-21-9-8-14-10-13(6-7-15(14)20)12-4-2-1-3-5-12/h1-5,13-14H,6-11H2. The number of carbonyl (C=O) groups excluding carboxylic acids is 1. The van der Waals surface area contributed by atoms with Crippen LogP contribution < -0.4 is 0 Å². The predicted molar refractivity (Wildman–Crippen MR) is 73.0 cm³/mol. The lowest BCUT2D eigenvalue weighted by molar-refractivity contribution is -0.174. The minimum absolute atomic E-state index is 0.0164. The molecule has 2 atom stereocenters. The average Bonchev–Trinajstić information content (AvgIpc) is 2.45. The third-order valence-corrected chi connectivity index (χ3v) is 3.91. The van der Waals surface area contributed by atoms with E-state index in [0.29, 0.717) is 25.2 Å². The van der Waals surface area contributed by atoms with Crippen LogP contribution in [0.5, 0.6) is 0 Å². The van der Waals surface area contributed by atoms with Gasteiger partial charge in [0.25, 0.3) is 0 Å². The lowest BCUT2D eigenvalue weighted by Gasteiger charge is -2.28. The Hall–Kier alpha value is -1.36. The molecule has 1 saturated carbocycles. The molecule has 2 nitrogen and oxygen atoms in total. The van der Waals surface area contributed by atoms with E-state index in [1.165, 1.54) is 5.56 Å². The fourth-order valence-electron chi connectivity index (χ4n) is 2.83. The molecule has 1 aromatic carbocycles. The summed E-state index contributed by atoms with van der Waals surface area (Å²) in [7, 11) is 0. The number of hydrogen-bond acceptors (Lipinski definition) is 2. The van der Waals surface area contributed by atoms with Crippen molar-refractivity contribution in [3.05, 3.63) is 35.9 Å². The Morgan fingerprint density at radius 2 is 1.90 bits per heavy atom. The van der Waals surface area contributed by atoms with Crippen LogP contribution in [0.4, 0.5) is 13.2 Å². The van der Waals surface area contributed by atoms with Gasteiger partial charge in [-0.3, -0.25) is 4.79 Å². The Kier molecular flexibility index (Phi) is 5.39. The molecular formula is C16H19F3O2. The first-order valence-electron chi connectivity index (χ1n) is 7.18. The maximum absolute atomic E-state index is 12.0. The number of ketones is 1. The number of alkyl halides is 3. The van der Waals surface area contributed by atoms with Crippen molar-refractivity contribution in [2.24, 2.45) is 5.92 Å². The van der Waals surface area contributed by atoms with Crippen molar-refractivity contribution in [3.63, 3.8) is 0 Å². The SMILES string of the molecule is O=C1CCC(c2ccccc2)CC1CCOCC(F)(F)F. The molecule has 1 fully saturated rings. The highest BCUT2D eigenvalue weighted by Gasteiger charge is 2.30. The molecule has 0 spiro atoms. The molecule has 0 saturated heterocycles. The van der Waals surface area contributed by atoms with E-state index < -0.39 is 12.8 Å². The van der Waals surface area contributed by atoms with Crippen LogP contribution in [0.1, 0.15) is 37.2 Å². The quantitative estimate of drug-likeness (QED) is 0.765.